The van der Waals surface area contributed by atoms with Gasteiger partial charge in [0.15, 0.2) is 0 Å². The summed E-state index contributed by atoms with van der Waals surface area (Å²) in [5, 5.41) is 3.31. The number of nitrogens with one attached hydrogen (secondary N) is 1. The summed E-state index contributed by atoms with van der Waals surface area (Å²) in [5.74, 6) is 0.570. The van der Waals surface area contributed by atoms with E-state index in [-0.39, 0.29) is 0 Å². The highest BCUT2D eigenvalue weighted by atomic mass is 16.5. The first-order valence-corrected chi connectivity index (χ1v) is 5.91. The summed E-state index contributed by atoms with van der Waals surface area (Å²) in [4.78, 5) is 14.3. The van der Waals surface area contributed by atoms with E-state index in [0.717, 1.165) is 17.1 Å². The Bertz CT molecular complexity index is 530. The van der Waals surface area contributed by atoms with Crippen LogP contribution in [0, 0.1) is 0 Å². The van der Waals surface area contributed by atoms with Gasteiger partial charge in [0, 0.05) is 26.5 Å². The predicted molar refractivity (Wildman–Crippen MR) is 74.5 cm³/mol. The molecule has 2 rings (SSSR count). The molecule has 0 spiro atoms. The number of methoxy groups -OCH3 is 1. The second kappa shape index (κ2) is 5.99. The van der Waals surface area contributed by atoms with Crippen LogP contribution >= 0.6 is 0 Å². The number of hydrogen-bond acceptors (Lipinski definition) is 6. The molecule has 0 aliphatic carbocycles. The Morgan fingerprint density at radius 1 is 1.21 bits per heavy atom. The lowest BCUT2D eigenvalue weighted by atomic mass is 10.3. The van der Waals surface area contributed by atoms with Crippen molar-refractivity contribution in [2.45, 2.75) is 6.54 Å². The third kappa shape index (κ3) is 3.09. The lowest BCUT2D eigenvalue weighted by molar-refractivity contribution is 0.400. The summed E-state index contributed by atoms with van der Waals surface area (Å²) >= 11 is 0. The molecule has 6 heteroatoms. The predicted octanol–water partition coefficient (Wildman–Crippen LogP) is 1.56. The highest BCUT2D eigenvalue weighted by Gasteiger charge is 2.11. The van der Waals surface area contributed by atoms with Crippen molar-refractivity contribution in [3.05, 3.63) is 36.5 Å². The monoisotopic (exact) mass is 259 g/mol. The zero-order chi connectivity index (χ0) is 13.7. The minimum atomic E-state index is 0.570. The second-order valence-corrected chi connectivity index (χ2v) is 4.16. The van der Waals surface area contributed by atoms with E-state index in [1.807, 2.05) is 31.1 Å². The summed E-state index contributed by atoms with van der Waals surface area (Å²) in [7, 11) is 5.56. The average molecular weight is 259 g/mol. The number of hydrogen-bond donors (Lipinski definition) is 1. The molecule has 2 aromatic rings. The first-order valence-electron chi connectivity index (χ1n) is 5.91. The van der Waals surface area contributed by atoms with Crippen molar-refractivity contribution in [1.82, 2.24) is 15.0 Å². The van der Waals surface area contributed by atoms with Gasteiger partial charge in [0.1, 0.15) is 12.0 Å². The number of ether oxygens (including phenoxy) is 1. The fourth-order valence-electron chi connectivity index (χ4n) is 1.73. The van der Waals surface area contributed by atoms with Crippen molar-refractivity contribution in [3.8, 4) is 5.88 Å². The smallest absolute Gasteiger partial charge is 0.239 e. The van der Waals surface area contributed by atoms with Crippen LogP contribution in [0.25, 0.3) is 0 Å². The maximum absolute atomic E-state index is 5.29. The average Bonchev–Trinajstić information content (AvgIpc) is 2.45. The third-order valence-electron chi connectivity index (χ3n) is 2.66. The molecular formula is C13H17N5O. The van der Waals surface area contributed by atoms with Gasteiger partial charge in [-0.3, -0.25) is 0 Å². The van der Waals surface area contributed by atoms with Crippen LogP contribution in [0.5, 0.6) is 5.88 Å². The van der Waals surface area contributed by atoms with Crippen molar-refractivity contribution < 1.29 is 4.74 Å². The van der Waals surface area contributed by atoms with Crippen LogP contribution in [-0.2, 0) is 6.54 Å². The van der Waals surface area contributed by atoms with Gasteiger partial charge in [-0.05, 0) is 12.1 Å². The largest absolute Gasteiger partial charge is 0.479 e. The molecule has 0 fully saturated rings. The number of aromatic nitrogens is 3. The highest BCUT2D eigenvalue weighted by Crippen LogP contribution is 2.32. The number of nitrogens with zero attached hydrogens (tertiary/aromatic N) is 4. The van der Waals surface area contributed by atoms with Crippen LogP contribution < -0.4 is 15.0 Å². The summed E-state index contributed by atoms with van der Waals surface area (Å²) in [5.41, 5.74) is 2.78. The third-order valence-corrected chi connectivity index (χ3v) is 2.66. The van der Waals surface area contributed by atoms with Crippen LogP contribution in [0.4, 0.5) is 11.4 Å². The standard InChI is InChI=1S/C13H17N5O/c1-18(2)11-5-7-15-13(19-3)12(11)16-8-10-4-6-14-9-17-10/h4-7,9,16H,8H2,1-3H3. The van der Waals surface area contributed by atoms with Crippen LogP contribution in [0.3, 0.4) is 0 Å². The number of pyridine rings is 1. The molecule has 0 bridgehead atoms. The van der Waals surface area contributed by atoms with Gasteiger partial charge in [-0.25, -0.2) is 15.0 Å². The Balaban J connectivity index is 2.23. The van der Waals surface area contributed by atoms with Gasteiger partial charge in [-0.15, -0.1) is 0 Å². The normalized spacial score (nSPS) is 10.1. The van der Waals surface area contributed by atoms with E-state index in [2.05, 4.69) is 20.3 Å². The molecule has 2 aromatic heterocycles. The van der Waals surface area contributed by atoms with Crippen molar-refractivity contribution in [2.24, 2.45) is 0 Å². The van der Waals surface area contributed by atoms with Crippen molar-refractivity contribution >= 4 is 11.4 Å². The molecular weight excluding hydrogens is 242 g/mol. The molecule has 6 nitrogen and oxygen atoms in total. The number of rotatable bonds is 5. The lowest BCUT2D eigenvalue weighted by Crippen LogP contribution is -2.13. The SMILES string of the molecule is COc1nccc(N(C)C)c1NCc1ccncn1. The molecule has 0 atom stereocenters. The Kier molecular flexibility index (Phi) is 4.12. The summed E-state index contributed by atoms with van der Waals surface area (Å²) in [6.07, 6.45) is 4.98. The van der Waals surface area contributed by atoms with Crippen LogP contribution in [0.15, 0.2) is 30.9 Å². The molecule has 0 aliphatic rings. The van der Waals surface area contributed by atoms with Crippen LogP contribution in [0.2, 0.25) is 0 Å². The Hall–Kier alpha value is -2.37. The van der Waals surface area contributed by atoms with Gasteiger partial charge in [-0.1, -0.05) is 0 Å². The minimum Gasteiger partial charge on any atom is -0.479 e. The molecule has 100 valence electrons. The highest BCUT2D eigenvalue weighted by molar-refractivity contribution is 5.74. The van der Waals surface area contributed by atoms with Crippen molar-refractivity contribution in [1.29, 1.82) is 0 Å². The fraction of sp³-hybridized carbons (Fsp3) is 0.308. The Labute approximate surface area is 112 Å². The van der Waals surface area contributed by atoms with Crippen LogP contribution in [0.1, 0.15) is 5.69 Å². The topological polar surface area (TPSA) is 63.2 Å². The van der Waals surface area contributed by atoms with Gasteiger partial charge in [0.2, 0.25) is 5.88 Å². The van der Waals surface area contributed by atoms with Crippen molar-refractivity contribution in [3.63, 3.8) is 0 Å². The van der Waals surface area contributed by atoms with E-state index in [0.29, 0.717) is 12.4 Å². The van der Waals surface area contributed by atoms with E-state index in [9.17, 15) is 0 Å². The molecule has 19 heavy (non-hydrogen) atoms. The summed E-state index contributed by atoms with van der Waals surface area (Å²) < 4.78 is 5.29. The fourth-order valence-corrected chi connectivity index (χ4v) is 1.73. The van der Waals surface area contributed by atoms with E-state index < -0.39 is 0 Å². The maximum atomic E-state index is 5.29. The number of anilines is 2. The molecule has 1 N–H and O–H groups in total. The van der Waals surface area contributed by atoms with E-state index in [1.54, 1.807) is 19.5 Å². The quantitative estimate of drug-likeness (QED) is 0.879. The minimum absolute atomic E-state index is 0.570. The van der Waals surface area contributed by atoms with E-state index >= 15 is 0 Å². The van der Waals surface area contributed by atoms with Gasteiger partial charge < -0.3 is 15.0 Å². The lowest BCUT2D eigenvalue weighted by Gasteiger charge is -2.19. The molecule has 0 amide bonds. The molecule has 0 aliphatic heterocycles. The van der Waals surface area contributed by atoms with Crippen LogP contribution in [-0.4, -0.2) is 36.2 Å². The molecule has 0 unspecified atom stereocenters. The zero-order valence-electron chi connectivity index (χ0n) is 11.3. The molecule has 2 heterocycles. The van der Waals surface area contributed by atoms with Gasteiger partial charge in [0.25, 0.3) is 0 Å². The Morgan fingerprint density at radius 2 is 2.05 bits per heavy atom. The van der Waals surface area contributed by atoms with Crippen molar-refractivity contribution in [2.75, 3.05) is 31.4 Å². The zero-order valence-corrected chi connectivity index (χ0v) is 11.3. The van der Waals surface area contributed by atoms with Gasteiger partial charge in [0.05, 0.1) is 25.0 Å². The molecule has 0 aromatic carbocycles. The van der Waals surface area contributed by atoms with E-state index in [1.165, 1.54) is 6.33 Å². The second-order valence-electron chi connectivity index (χ2n) is 4.16. The Morgan fingerprint density at radius 3 is 2.68 bits per heavy atom. The molecule has 0 radical (unpaired) electrons. The molecule has 0 saturated carbocycles. The maximum Gasteiger partial charge on any atom is 0.239 e. The summed E-state index contributed by atoms with van der Waals surface area (Å²) in [6, 6.07) is 3.80. The molecule has 0 saturated heterocycles. The summed E-state index contributed by atoms with van der Waals surface area (Å²) in [6.45, 7) is 0.589. The van der Waals surface area contributed by atoms with E-state index in [4.69, 9.17) is 4.74 Å². The first kappa shape index (κ1) is 13.1. The van der Waals surface area contributed by atoms with Gasteiger partial charge in [-0.2, -0.15) is 0 Å². The first-order chi connectivity index (χ1) is 9.22. The van der Waals surface area contributed by atoms with Gasteiger partial charge >= 0.3 is 0 Å².